The fraction of sp³-hybridized carbons (Fsp3) is 0.440. The first-order valence-electron chi connectivity index (χ1n) is 11.4. The second-order valence-corrected chi connectivity index (χ2v) is 8.20. The minimum absolute atomic E-state index is 0.137. The Balaban J connectivity index is 1.68. The van der Waals surface area contributed by atoms with E-state index in [4.69, 9.17) is 9.72 Å². The molecule has 6 nitrogen and oxygen atoms in total. The molecular formula is C25H32N4O2. The predicted octanol–water partition coefficient (Wildman–Crippen LogP) is 5.72. The monoisotopic (exact) mass is 420 g/mol. The van der Waals surface area contributed by atoms with E-state index >= 15 is 0 Å². The number of H-pyrrole nitrogens is 1. The maximum Gasteiger partial charge on any atom is 0.255 e. The van der Waals surface area contributed by atoms with Crippen LogP contribution >= 0.6 is 0 Å². The largest absolute Gasteiger partial charge is 0.497 e. The first-order valence-corrected chi connectivity index (χ1v) is 11.4. The zero-order chi connectivity index (χ0) is 21.8. The van der Waals surface area contributed by atoms with Gasteiger partial charge < -0.3 is 19.9 Å². The quantitative estimate of drug-likeness (QED) is 0.513. The van der Waals surface area contributed by atoms with Gasteiger partial charge in [-0.05, 0) is 63.1 Å². The fourth-order valence-corrected chi connectivity index (χ4v) is 4.50. The van der Waals surface area contributed by atoms with Crippen LogP contribution in [-0.4, -0.2) is 36.1 Å². The van der Waals surface area contributed by atoms with Crippen LogP contribution in [0, 0.1) is 0 Å². The molecule has 1 aromatic heterocycles. The summed E-state index contributed by atoms with van der Waals surface area (Å²) in [4.78, 5) is 23.7. The summed E-state index contributed by atoms with van der Waals surface area (Å²) in [7, 11) is 1.62. The molecule has 3 aromatic rings. The number of carbonyl (C=O) groups is 1. The number of aromatic amines is 1. The van der Waals surface area contributed by atoms with Gasteiger partial charge in [-0.2, -0.15) is 0 Å². The van der Waals surface area contributed by atoms with Gasteiger partial charge in [-0.1, -0.05) is 19.3 Å². The number of ether oxygens (including phenoxy) is 1. The SMILES string of the molecule is CCN(CC)c1cc2nc(C3CCCCC3)[nH]c2cc1NC(=O)c1ccc(OC)cc1. The molecule has 0 saturated heterocycles. The number of benzene rings is 2. The summed E-state index contributed by atoms with van der Waals surface area (Å²) in [6, 6.07) is 11.3. The van der Waals surface area contributed by atoms with Gasteiger partial charge in [-0.25, -0.2) is 4.98 Å². The Hall–Kier alpha value is -3.02. The van der Waals surface area contributed by atoms with Crippen LogP contribution in [0.1, 0.15) is 68.1 Å². The summed E-state index contributed by atoms with van der Waals surface area (Å²) in [6.45, 7) is 5.96. The lowest BCUT2D eigenvalue weighted by molar-refractivity contribution is 0.102. The normalized spacial score (nSPS) is 14.5. The van der Waals surface area contributed by atoms with Gasteiger partial charge >= 0.3 is 0 Å². The number of imidazole rings is 1. The van der Waals surface area contributed by atoms with Crippen LogP contribution in [0.15, 0.2) is 36.4 Å². The number of amides is 1. The van der Waals surface area contributed by atoms with Crippen molar-refractivity contribution in [2.75, 3.05) is 30.4 Å². The van der Waals surface area contributed by atoms with E-state index in [1.165, 1.54) is 32.1 Å². The maximum atomic E-state index is 13.0. The Morgan fingerprint density at radius 3 is 2.48 bits per heavy atom. The number of aromatic nitrogens is 2. The van der Waals surface area contributed by atoms with Crippen LogP contribution in [0.2, 0.25) is 0 Å². The summed E-state index contributed by atoms with van der Waals surface area (Å²) >= 11 is 0. The van der Waals surface area contributed by atoms with Gasteiger partial charge in [0.15, 0.2) is 0 Å². The van der Waals surface area contributed by atoms with Gasteiger partial charge in [0.1, 0.15) is 11.6 Å². The molecule has 2 aromatic carbocycles. The van der Waals surface area contributed by atoms with E-state index < -0.39 is 0 Å². The molecule has 0 unspecified atom stereocenters. The molecule has 0 bridgehead atoms. The highest BCUT2D eigenvalue weighted by molar-refractivity contribution is 6.07. The molecule has 1 aliphatic rings. The summed E-state index contributed by atoms with van der Waals surface area (Å²) in [5, 5.41) is 3.13. The van der Waals surface area contributed by atoms with Gasteiger partial charge in [0.05, 0.1) is 29.5 Å². The molecule has 164 valence electrons. The molecule has 0 atom stereocenters. The van der Waals surface area contributed by atoms with E-state index in [2.05, 4.69) is 35.1 Å². The van der Waals surface area contributed by atoms with Gasteiger partial charge in [-0.3, -0.25) is 4.79 Å². The lowest BCUT2D eigenvalue weighted by Gasteiger charge is -2.24. The number of carbonyl (C=O) groups excluding carboxylic acids is 1. The van der Waals surface area contributed by atoms with Crippen LogP contribution in [0.4, 0.5) is 11.4 Å². The Morgan fingerprint density at radius 1 is 1.13 bits per heavy atom. The molecule has 0 spiro atoms. The standard InChI is InChI=1S/C25H32N4O2/c1-4-29(5-2)23-16-21-20(26-24(27-21)17-9-7-6-8-10-17)15-22(23)28-25(30)18-11-13-19(31-3)14-12-18/h11-17H,4-10H2,1-3H3,(H,26,27)(H,28,30). The van der Waals surface area contributed by atoms with Crippen LogP contribution in [0.5, 0.6) is 5.75 Å². The first kappa shape index (κ1) is 21.2. The molecule has 2 N–H and O–H groups in total. The lowest BCUT2D eigenvalue weighted by atomic mass is 9.89. The minimum atomic E-state index is -0.137. The Bertz CT molecular complexity index is 1030. The van der Waals surface area contributed by atoms with Crippen LogP contribution < -0.4 is 15.0 Å². The molecule has 1 heterocycles. The summed E-state index contributed by atoms with van der Waals surface area (Å²) in [5.74, 6) is 2.19. The Kier molecular flexibility index (Phi) is 6.44. The average molecular weight is 421 g/mol. The molecular weight excluding hydrogens is 388 g/mol. The Morgan fingerprint density at radius 2 is 1.84 bits per heavy atom. The third kappa shape index (κ3) is 4.53. The van der Waals surface area contributed by atoms with Crippen molar-refractivity contribution in [2.45, 2.75) is 51.9 Å². The van der Waals surface area contributed by atoms with Gasteiger partial charge in [0.25, 0.3) is 5.91 Å². The van der Waals surface area contributed by atoms with E-state index in [1.807, 2.05) is 6.07 Å². The van der Waals surface area contributed by atoms with Crippen molar-refractivity contribution in [3.8, 4) is 5.75 Å². The van der Waals surface area contributed by atoms with Crippen molar-refractivity contribution >= 4 is 28.3 Å². The van der Waals surface area contributed by atoms with Crippen molar-refractivity contribution in [3.05, 3.63) is 47.8 Å². The highest BCUT2D eigenvalue weighted by atomic mass is 16.5. The van der Waals surface area contributed by atoms with Crippen molar-refractivity contribution < 1.29 is 9.53 Å². The summed E-state index contributed by atoms with van der Waals surface area (Å²) in [5.41, 5.74) is 4.34. The molecule has 0 radical (unpaired) electrons. The topological polar surface area (TPSA) is 70.2 Å². The molecule has 1 amide bonds. The first-order chi connectivity index (χ1) is 15.1. The number of fused-ring (bicyclic) bond motifs is 1. The number of hydrogen-bond acceptors (Lipinski definition) is 4. The molecule has 1 saturated carbocycles. The van der Waals surface area contributed by atoms with E-state index in [0.717, 1.165) is 47.1 Å². The van der Waals surface area contributed by atoms with Gasteiger partial charge in [0.2, 0.25) is 0 Å². The van der Waals surface area contributed by atoms with Crippen molar-refractivity contribution in [3.63, 3.8) is 0 Å². The maximum absolute atomic E-state index is 13.0. The van der Waals surface area contributed by atoms with Crippen LogP contribution in [-0.2, 0) is 0 Å². The molecule has 0 aliphatic heterocycles. The highest BCUT2D eigenvalue weighted by Gasteiger charge is 2.21. The highest BCUT2D eigenvalue weighted by Crippen LogP contribution is 2.35. The fourth-order valence-electron chi connectivity index (χ4n) is 4.50. The number of hydrogen-bond donors (Lipinski definition) is 2. The average Bonchev–Trinajstić information content (AvgIpc) is 3.23. The van der Waals surface area contributed by atoms with E-state index in [1.54, 1.807) is 31.4 Å². The molecule has 1 aliphatic carbocycles. The summed E-state index contributed by atoms with van der Waals surface area (Å²) in [6.07, 6.45) is 6.27. The number of rotatable bonds is 7. The number of anilines is 2. The third-order valence-electron chi connectivity index (χ3n) is 6.31. The number of nitrogens with zero attached hydrogens (tertiary/aromatic N) is 2. The zero-order valence-corrected chi connectivity index (χ0v) is 18.7. The molecule has 6 heteroatoms. The molecule has 4 rings (SSSR count). The lowest BCUT2D eigenvalue weighted by Crippen LogP contribution is -2.24. The van der Waals surface area contributed by atoms with Crippen molar-refractivity contribution in [2.24, 2.45) is 0 Å². The van der Waals surface area contributed by atoms with E-state index in [0.29, 0.717) is 11.5 Å². The summed E-state index contributed by atoms with van der Waals surface area (Å²) < 4.78 is 5.20. The van der Waals surface area contributed by atoms with Crippen LogP contribution in [0.25, 0.3) is 11.0 Å². The predicted molar refractivity (Wildman–Crippen MR) is 126 cm³/mol. The van der Waals surface area contributed by atoms with E-state index in [-0.39, 0.29) is 5.91 Å². The zero-order valence-electron chi connectivity index (χ0n) is 18.7. The van der Waals surface area contributed by atoms with Gasteiger partial charge in [0, 0.05) is 24.6 Å². The second kappa shape index (κ2) is 9.41. The smallest absolute Gasteiger partial charge is 0.255 e. The number of nitrogens with one attached hydrogen (secondary N) is 2. The van der Waals surface area contributed by atoms with Crippen molar-refractivity contribution in [1.82, 2.24) is 9.97 Å². The number of methoxy groups -OCH3 is 1. The van der Waals surface area contributed by atoms with Gasteiger partial charge in [-0.15, -0.1) is 0 Å². The minimum Gasteiger partial charge on any atom is -0.497 e. The molecule has 1 fully saturated rings. The van der Waals surface area contributed by atoms with Crippen LogP contribution in [0.3, 0.4) is 0 Å². The Labute approximate surface area is 184 Å². The second-order valence-electron chi connectivity index (χ2n) is 8.20. The van der Waals surface area contributed by atoms with Crippen molar-refractivity contribution in [1.29, 1.82) is 0 Å². The molecule has 31 heavy (non-hydrogen) atoms. The van der Waals surface area contributed by atoms with E-state index in [9.17, 15) is 4.79 Å². The third-order valence-corrected chi connectivity index (χ3v) is 6.31.